The lowest BCUT2D eigenvalue weighted by molar-refractivity contribution is -0.139. The number of hydrogen-bond donors (Lipinski definition) is 0. The highest BCUT2D eigenvalue weighted by Crippen LogP contribution is 2.14. The summed E-state index contributed by atoms with van der Waals surface area (Å²) < 4.78 is 4.60. The molecule has 0 aliphatic heterocycles. The van der Waals surface area contributed by atoms with Crippen molar-refractivity contribution in [2.75, 3.05) is 7.11 Å². The van der Waals surface area contributed by atoms with E-state index in [0.717, 1.165) is 11.1 Å². The van der Waals surface area contributed by atoms with Crippen molar-refractivity contribution in [2.45, 2.75) is 13.3 Å². The first kappa shape index (κ1) is 12.1. The lowest BCUT2D eigenvalue weighted by atomic mass is 10.1. The molecule has 2 rings (SSSR count). The van der Waals surface area contributed by atoms with Crippen LogP contribution in [0.25, 0.3) is 11.4 Å². The fraction of sp³-hybridized carbons (Fsp3) is 0.250. The molecule has 0 spiro atoms. The van der Waals surface area contributed by atoms with E-state index in [1.807, 2.05) is 24.3 Å². The normalized spacial score (nSPS) is 10.1. The van der Waals surface area contributed by atoms with Crippen LogP contribution < -0.4 is 0 Å². The Morgan fingerprint density at radius 2 is 1.72 bits per heavy atom. The number of methoxy groups -OCH3 is 1. The molecule has 0 radical (unpaired) electrons. The highest BCUT2D eigenvalue weighted by Gasteiger charge is 2.05. The van der Waals surface area contributed by atoms with Gasteiger partial charge in [0.1, 0.15) is 0 Å². The van der Waals surface area contributed by atoms with Gasteiger partial charge in [0.25, 0.3) is 0 Å². The Morgan fingerprint density at radius 1 is 1.11 bits per heavy atom. The molecule has 0 aliphatic carbocycles. The van der Waals surface area contributed by atoms with E-state index in [9.17, 15) is 4.79 Å². The molecule has 0 N–H and O–H groups in total. The third-order valence-electron chi connectivity index (χ3n) is 2.37. The number of nitrogens with zero attached hydrogens (tertiary/aromatic N) is 4. The fourth-order valence-electron chi connectivity index (χ4n) is 1.41. The second-order valence-corrected chi connectivity index (χ2v) is 3.72. The van der Waals surface area contributed by atoms with E-state index in [0.29, 0.717) is 11.6 Å². The van der Waals surface area contributed by atoms with Crippen LogP contribution in [0.1, 0.15) is 11.4 Å². The van der Waals surface area contributed by atoms with Gasteiger partial charge in [0.15, 0.2) is 5.82 Å². The van der Waals surface area contributed by atoms with Gasteiger partial charge in [0.2, 0.25) is 5.82 Å². The fourth-order valence-corrected chi connectivity index (χ4v) is 1.41. The molecule has 18 heavy (non-hydrogen) atoms. The van der Waals surface area contributed by atoms with E-state index in [1.165, 1.54) is 7.11 Å². The van der Waals surface area contributed by atoms with Crippen molar-refractivity contribution in [1.29, 1.82) is 0 Å². The summed E-state index contributed by atoms with van der Waals surface area (Å²) in [7, 11) is 1.37. The molecular weight excluding hydrogens is 232 g/mol. The molecule has 2 aromatic rings. The number of carbonyl (C=O) groups is 1. The van der Waals surface area contributed by atoms with Crippen LogP contribution in [0.3, 0.4) is 0 Å². The van der Waals surface area contributed by atoms with Crippen molar-refractivity contribution in [3.63, 3.8) is 0 Å². The molecule has 0 unspecified atom stereocenters. The maximum absolute atomic E-state index is 11.1. The van der Waals surface area contributed by atoms with Gasteiger partial charge >= 0.3 is 5.97 Å². The molecule has 92 valence electrons. The largest absolute Gasteiger partial charge is 0.469 e. The van der Waals surface area contributed by atoms with Crippen LogP contribution in [-0.2, 0) is 16.0 Å². The Bertz CT molecular complexity index is 537. The zero-order valence-electron chi connectivity index (χ0n) is 10.1. The Morgan fingerprint density at radius 3 is 2.28 bits per heavy atom. The van der Waals surface area contributed by atoms with Crippen LogP contribution in [0.15, 0.2) is 24.3 Å². The van der Waals surface area contributed by atoms with Crippen LogP contribution in [0, 0.1) is 6.92 Å². The number of rotatable bonds is 3. The van der Waals surface area contributed by atoms with Crippen molar-refractivity contribution in [3.05, 3.63) is 35.7 Å². The molecule has 1 aromatic heterocycles. The molecule has 0 saturated heterocycles. The number of aromatic nitrogens is 4. The zero-order valence-corrected chi connectivity index (χ0v) is 10.1. The topological polar surface area (TPSA) is 77.9 Å². The van der Waals surface area contributed by atoms with Crippen molar-refractivity contribution >= 4 is 5.97 Å². The van der Waals surface area contributed by atoms with Gasteiger partial charge in [-0.05, 0) is 12.5 Å². The zero-order chi connectivity index (χ0) is 13.0. The average Bonchev–Trinajstić information content (AvgIpc) is 2.40. The summed E-state index contributed by atoms with van der Waals surface area (Å²) in [6, 6.07) is 7.31. The van der Waals surface area contributed by atoms with E-state index >= 15 is 0 Å². The third-order valence-corrected chi connectivity index (χ3v) is 2.37. The molecule has 1 heterocycles. The Balaban J connectivity index is 2.17. The Kier molecular flexibility index (Phi) is 3.57. The van der Waals surface area contributed by atoms with Crippen LogP contribution in [0.4, 0.5) is 0 Å². The number of aryl methyl sites for hydroxylation is 1. The molecule has 0 bridgehead atoms. The predicted octanol–water partition coefficient (Wildman–Crippen LogP) is 0.958. The van der Waals surface area contributed by atoms with Gasteiger partial charge in [-0.1, -0.05) is 24.3 Å². The molecule has 1 aromatic carbocycles. The van der Waals surface area contributed by atoms with Gasteiger partial charge in [-0.3, -0.25) is 4.79 Å². The van der Waals surface area contributed by atoms with Crippen LogP contribution in [0.5, 0.6) is 0 Å². The Hall–Kier alpha value is -2.37. The van der Waals surface area contributed by atoms with Gasteiger partial charge in [-0.15, -0.1) is 20.4 Å². The van der Waals surface area contributed by atoms with E-state index in [-0.39, 0.29) is 12.4 Å². The van der Waals surface area contributed by atoms with Gasteiger partial charge in [0, 0.05) is 5.56 Å². The summed E-state index contributed by atoms with van der Waals surface area (Å²) in [5, 5.41) is 15.6. The quantitative estimate of drug-likeness (QED) is 0.748. The molecule has 6 nitrogen and oxygen atoms in total. The van der Waals surface area contributed by atoms with Gasteiger partial charge in [0.05, 0.1) is 13.5 Å². The Labute approximate surface area is 104 Å². The minimum absolute atomic E-state index is 0.252. The summed E-state index contributed by atoms with van der Waals surface area (Å²) in [5.74, 6) is 0.726. The third kappa shape index (κ3) is 2.85. The van der Waals surface area contributed by atoms with Crippen molar-refractivity contribution in [1.82, 2.24) is 20.4 Å². The molecular formula is C12H12N4O2. The van der Waals surface area contributed by atoms with Crippen molar-refractivity contribution in [2.24, 2.45) is 0 Å². The number of benzene rings is 1. The maximum Gasteiger partial charge on any atom is 0.309 e. The maximum atomic E-state index is 11.1. The highest BCUT2D eigenvalue weighted by molar-refractivity contribution is 5.72. The number of hydrogen-bond acceptors (Lipinski definition) is 6. The molecule has 0 atom stereocenters. The minimum atomic E-state index is -0.266. The standard InChI is InChI=1S/C12H12N4O2/c1-8-13-15-12(16-14-8)10-5-3-9(4-6-10)7-11(17)18-2/h3-6H,7H2,1-2H3. The minimum Gasteiger partial charge on any atom is -0.469 e. The predicted molar refractivity (Wildman–Crippen MR) is 63.5 cm³/mol. The molecule has 0 amide bonds. The first-order chi connectivity index (χ1) is 8.69. The second kappa shape index (κ2) is 5.31. The van der Waals surface area contributed by atoms with E-state index in [1.54, 1.807) is 6.92 Å². The van der Waals surface area contributed by atoms with Gasteiger partial charge in [-0.25, -0.2) is 0 Å². The molecule has 0 aliphatic rings. The molecule has 0 fully saturated rings. The second-order valence-electron chi connectivity index (χ2n) is 3.72. The van der Waals surface area contributed by atoms with Gasteiger partial charge in [-0.2, -0.15) is 0 Å². The van der Waals surface area contributed by atoms with Gasteiger partial charge < -0.3 is 4.74 Å². The molecule has 6 heteroatoms. The first-order valence-corrected chi connectivity index (χ1v) is 5.39. The van der Waals surface area contributed by atoms with E-state index < -0.39 is 0 Å². The summed E-state index contributed by atoms with van der Waals surface area (Å²) >= 11 is 0. The lowest BCUT2D eigenvalue weighted by Gasteiger charge is -2.02. The number of esters is 1. The summed E-state index contributed by atoms with van der Waals surface area (Å²) in [5.41, 5.74) is 1.68. The van der Waals surface area contributed by atoms with E-state index in [2.05, 4.69) is 25.1 Å². The number of ether oxygens (including phenoxy) is 1. The smallest absolute Gasteiger partial charge is 0.309 e. The average molecular weight is 244 g/mol. The van der Waals surface area contributed by atoms with E-state index in [4.69, 9.17) is 0 Å². The SMILES string of the molecule is COC(=O)Cc1ccc(-c2nnc(C)nn2)cc1. The highest BCUT2D eigenvalue weighted by atomic mass is 16.5. The van der Waals surface area contributed by atoms with Crippen molar-refractivity contribution < 1.29 is 9.53 Å². The summed E-state index contributed by atoms with van der Waals surface area (Å²) in [4.78, 5) is 11.1. The van der Waals surface area contributed by atoms with Crippen LogP contribution in [-0.4, -0.2) is 33.5 Å². The summed E-state index contributed by atoms with van der Waals surface area (Å²) in [6.07, 6.45) is 0.252. The summed E-state index contributed by atoms with van der Waals surface area (Å²) in [6.45, 7) is 1.73. The lowest BCUT2D eigenvalue weighted by Crippen LogP contribution is -2.04. The monoisotopic (exact) mass is 244 g/mol. The van der Waals surface area contributed by atoms with Crippen molar-refractivity contribution in [3.8, 4) is 11.4 Å². The van der Waals surface area contributed by atoms with Crippen LogP contribution in [0.2, 0.25) is 0 Å². The molecule has 0 saturated carbocycles. The van der Waals surface area contributed by atoms with Crippen LogP contribution >= 0.6 is 0 Å². The number of carbonyl (C=O) groups excluding carboxylic acids is 1. The first-order valence-electron chi connectivity index (χ1n) is 5.39.